The molecule has 1 aliphatic heterocycles. The van der Waals surface area contributed by atoms with Gasteiger partial charge in [-0.25, -0.2) is 0 Å². The highest BCUT2D eigenvalue weighted by molar-refractivity contribution is 6.30. The van der Waals surface area contributed by atoms with E-state index in [1.165, 1.54) is 0 Å². The third kappa shape index (κ3) is 3.36. The molecule has 0 aliphatic carbocycles. The second-order valence-corrected chi connectivity index (χ2v) is 4.73. The molecule has 1 N–H and O–H groups in total. The highest BCUT2D eigenvalue weighted by atomic mass is 35.5. The van der Waals surface area contributed by atoms with Gasteiger partial charge in [-0.15, -0.1) is 0 Å². The molecule has 4 nitrogen and oxygen atoms in total. The molecule has 1 fully saturated rings. The fourth-order valence-electron chi connectivity index (χ4n) is 1.87. The lowest BCUT2D eigenvalue weighted by molar-refractivity contribution is -0.0470. The molecule has 0 amide bonds. The maximum absolute atomic E-state index is 8.99. The minimum Gasteiger partial charge on any atom is -0.489 e. The van der Waals surface area contributed by atoms with Crippen LogP contribution in [0.5, 0.6) is 5.75 Å². The Kier molecular flexibility index (Phi) is 4.43. The zero-order chi connectivity index (χ0) is 13.0. The van der Waals surface area contributed by atoms with Gasteiger partial charge in [-0.1, -0.05) is 11.6 Å². The van der Waals surface area contributed by atoms with Crippen LogP contribution in [0.1, 0.15) is 12.5 Å². The molecule has 0 spiro atoms. The number of nitriles is 1. The average molecular weight is 267 g/mol. The Bertz CT molecular complexity index is 459. The van der Waals surface area contributed by atoms with E-state index in [-0.39, 0.29) is 12.2 Å². The predicted molar refractivity (Wildman–Crippen MR) is 68.9 cm³/mol. The third-order valence-corrected chi connectivity index (χ3v) is 2.95. The molecule has 0 bridgehead atoms. The van der Waals surface area contributed by atoms with Gasteiger partial charge in [0.25, 0.3) is 0 Å². The molecule has 1 aromatic rings. The van der Waals surface area contributed by atoms with Crippen molar-refractivity contribution in [1.29, 1.82) is 5.26 Å². The summed E-state index contributed by atoms with van der Waals surface area (Å²) < 4.78 is 11.3. The van der Waals surface area contributed by atoms with Crippen LogP contribution in [-0.2, 0) is 4.74 Å². The standard InChI is InChI=1S/C13H15ClN2O2/c1-9-6-16-7-12(18-9)8-17-13-3-2-11(14)4-10(13)5-15/h2-4,9,12,16H,6-8H2,1H3. The Morgan fingerprint density at radius 2 is 2.39 bits per heavy atom. The lowest BCUT2D eigenvalue weighted by Crippen LogP contribution is -2.45. The smallest absolute Gasteiger partial charge is 0.137 e. The van der Waals surface area contributed by atoms with E-state index in [1.807, 2.05) is 6.92 Å². The van der Waals surface area contributed by atoms with Crippen LogP contribution in [0.3, 0.4) is 0 Å². The SMILES string of the molecule is CC1CNCC(COc2ccc(Cl)cc2C#N)O1. The van der Waals surface area contributed by atoms with E-state index < -0.39 is 0 Å². The summed E-state index contributed by atoms with van der Waals surface area (Å²) in [5.41, 5.74) is 0.444. The summed E-state index contributed by atoms with van der Waals surface area (Å²) in [7, 11) is 0. The Labute approximate surface area is 111 Å². The van der Waals surface area contributed by atoms with Crippen LogP contribution < -0.4 is 10.1 Å². The highest BCUT2D eigenvalue weighted by Crippen LogP contribution is 2.22. The topological polar surface area (TPSA) is 54.3 Å². The van der Waals surface area contributed by atoms with Crippen LogP contribution in [-0.4, -0.2) is 31.9 Å². The van der Waals surface area contributed by atoms with Crippen LogP contribution in [0, 0.1) is 11.3 Å². The number of ether oxygens (including phenoxy) is 2. The maximum atomic E-state index is 8.99. The van der Waals surface area contributed by atoms with Gasteiger partial charge in [-0.05, 0) is 25.1 Å². The van der Waals surface area contributed by atoms with Crippen molar-refractivity contribution in [2.75, 3.05) is 19.7 Å². The van der Waals surface area contributed by atoms with E-state index >= 15 is 0 Å². The lowest BCUT2D eigenvalue weighted by atomic mass is 10.2. The summed E-state index contributed by atoms with van der Waals surface area (Å²) in [6.07, 6.45) is 0.198. The Hall–Kier alpha value is -1.28. The number of morpholine rings is 1. The van der Waals surface area contributed by atoms with Crippen LogP contribution in [0.4, 0.5) is 0 Å². The van der Waals surface area contributed by atoms with Crippen molar-refractivity contribution in [1.82, 2.24) is 5.32 Å². The van der Waals surface area contributed by atoms with E-state index in [0.717, 1.165) is 13.1 Å². The van der Waals surface area contributed by atoms with Crippen molar-refractivity contribution in [3.8, 4) is 11.8 Å². The molecule has 18 heavy (non-hydrogen) atoms. The van der Waals surface area contributed by atoms with Gasteiger partial charge >= 0.3 is 0 Å². The van der Waals surface area contributed by atoms with Gasteiger partial charge in [-0.2, -0.15) is 5.26 Å². The number of hydrogen-bond acceptors (Lipinski definition) is 4. The van der Waals surface area contributed by atoms with E-state index in [9.17, 15) is 0 Å². The summed E-state index contributed by atoms with van der Waals surface area (Å²) in [4.78, 5) is 0. The maximum Gasteiger partial charge on any atom is 0.137 e. The van der Waals surface area contributed by atoms with Gasteiger partial charge in [0.2, 0.25) is 0 Å². The van der Waals surface area contributed by atoms with E-state index in [4.69, 9.17) is 26.3 Å². The molecule has 0 radical (unpaired) electrons. The second kappa shape index (κ2) is 6.05. The zero-order valence-electron chi connectivity index (χ0n) is 10.1. The zero-order valence-corrected chi connectivity index (χ0v) is 10.9. The molecule has 2 atom stereocenters. The minimum absolute atomic E-state index is 0.0102. The highest BCUT2D eigenvalue weighted by Gasteiger charge is 2.19. The lowest BCUT2D eigenvalue weighted by Gasteiger charge is -2.28. The first-order chi connectivity index (χ1) is 8.69. The molecule has 1 aromatic carbocycles. The third-order valence-electron chi connectivity index (χ3n) is 2.72. The summed E-state index contributed by atoms with van der Waals surface area (Å²) >= 11 is 5.82. The Balaban J connectivity index is 1.96. The van der Waals surface area contributed by atoms with E-state index in [2.05, 4.69) is 11.4 Å². The predicted octanol–water partition coefficient (Wildman–Crippen LogP) is 1.97. The van der Waals surface area contributed by atoms with E-state index in [0.29, 0.717) is 22.9 Å². The number of halogens is 1. The fourth-order valence-corrected chi connectivity index (χ4v) is 2.04. The normalized spacial score (nSPS) is 23.4. The first-order valence-electron chi connectivity index (χ1n) is 5.87. The summed E-state index contributed by atoms with van der Waals surface area (Å²) in [6.45, 7) is 4.07. The van der Waals surface area contributed by atoms with Crippen LogP contribution in [0.15, 0.2) is 18.2 Å². The summed E-state index contributed by atoms with van der Waals surface area (Å²) in [5.74, 6) is 0.545. The number of nitrogens with one attached hydrogen (secondary N) is 1. The van der Waals surface area contributed by atoms with Gasteiger partial charge in [0.15, 0.2) is 0 Å². The van der Waals surface area contributed by atoms with Crippen LogP contribution >= 0.6 is 11.6 Å². The van der Waals surface area contributed by atoms with Gasteiger partial charge < -0.3 is 14.8 Å². The summed E-state index contributed by atoms with van der Waals surface area (Å²) in [6, 6.07) is 7.08. The minimum atomic E-state index is 0.0102. The average Bonchev–Trinajstić information content (AvgIpc) is 2.37. The first-order valence-corrected chi connectivity index (χ1v) is 6.25. The van der Waals surface area contributed by atoms with Crippen molar-refractivity contribution >= 4 is 11.6 Å². The van der Waals surface area contributed by atoms with Gasteiger partial charge in [0, 0.05) is 18.1 Å². The van der Waals surface area contributed by atoms with Crippen molar-refractivity contribution in [2.45, 2.75) is 19.1 Å². The molecule has 2 rings (SSSR count). The monoisotopic (exact) mass is 266 g/mol. The molecular weight excluding hydrogens is 252 g/mol. The van der Waals surface area contributed by atoms with Crippen molar-refractivity contribution in [3.05, 3.63) is 28.8 Å². The number of hydrogen-bond donors (Lipinski definition) is 1. The van der Waals surface area contributed by atoms with Crippen molar-refractivity contribution in [2.24, 2.45) is 0 Å². The Morgan fingerprint density at radius 3 is 3.11 bits per heavy atom. The van der Waals surface area contributed by atoms with Crippen LogP contribution in [0.2, 0.25) is 5.02 Å². The van der Waals surface area contributed by atoms with Crippen LogP contribution in [0.25, 0.3) is 0 Å². The van der Waals surface area contributed by atoms with Crippen molar-refractivity contribution in [3.63, 3.8) is 0 Å². The Morgan fingerprint density at radius 1 is 1.56 bits per heavy atom. The van der Waals surface area contributed by atoms with Gasteiger partial charge in [-0.3, -0.25) is 0 Å². The number of benzene rings is 1. The largest absolute Gasteiger partial charge is 0.489 e. The number of nitrogens with zero attached hydrogens (tertiary/aromatic N) is 1. The quantitative estimate of drug-likeness (QED) is 0.909. The van der Waals surface area contributed by atoms with Gasteiger partial charge in [0.1, 0.15) is 24.5 Å². The molecule has 0 aromatic heterocycles. The molecule has 1 saturated heterocycles. The molecular formula is C13H15ClN2O2. The molecule has 96 valence electrons. The molecule has 2 unspecified atom stereocenters. The summed E-state index contributed by atoms with van der Waals surface area (Å²) in [5, 5.41) is 12.8. The fraction of sp³-hybridized carbons (Fsp3) is 0.462. The number of rotatable bonds is 3. The molecule has 1 heterocycles. The second-order valence-electron chi connectivity index (χ2n) is 4.29. The first kappa shape index (κ1) is 13.2. The van der Waals surface area contributed by atoms with Gasteiger partial charge in [0.05, 0.1) is 11.7 Å². The molecule has 1 aliphatic rings. The van der Waals surface area contributed by atoms with Crippen molar-refractivity contribution < 1.29 is 9.47 Å². The van der Waals surface area contributed by atoms with E-state index in [1.54, 1.807) is 18.2 Å². The molecule has 0 saturated carbocycles. The molecule has 5 heteroatoms.